The first-order valence-corrected chi connectivity index (χ1v) is 20.2. The zero-order valence-corrected chi connectivity index (χ0v) is 38.4. The van der Waals surface area contributed by atoms with Crippen molar-refractivity contribution in [2.45, 2.75) is 176 Å². The fourth-order valence-corrected chi connectivity index (χ4v) is 5.75. The average Bonchev–Trinajstić information content (AvgIpc) is 2.99. The van der Waals surface area contributed by atoms with E-state index in [9.17, 15) is 34.1 Å². The highest BCUT2D eigenvalue weighted by Gasteiger charge is 2.37. The largest absolute Gasteiger partial charge is 0.459 e. The van der Waals surface area contributed by atoms with Crippen LogP contribution in [0.1, 0.15) is 129 Å². The van der Waals surface area contributed by atoms with Crippen LogP contribution >= 0.6 is 0 Å². The quantitative estimate of drug-likeness (QED) is 0.0533. The lowest BCUT2D eigenvalue weighted by atomic mass is 10.0. The molecule has 0 spiro atoms. The Kier molecular flexibility index (Phi) is 19.6. The number of rotatable bonds is 20. The van der Waals surface area contributed by atoms with E-state index in [1.807, 2.05) is 11.8 Å². The minimum Gasteiger partial charge on any atom is -0.459 e. The van der Waals surface area contributed by atoms with Crippen LogP contribution in [0.2, 0.25) is 0 Å². The normalized spacial score (nSPS) is 13.8. The Labute approximate surface area is 351 Å². The molecule has 0 aliphatic rings. The molecule has 0 aliphatic heterocycles. The molecule has 16 nitrogen and oxygen atoms in total. The molecular weight excluding hydrogens is 764 g/mol. The van der Waals surface area contributed by atoms with Gasteiger partial charge in [-0.2, -0.15) is 0 Å². The van der Waals surface area contributed by atoms with E-state index in [1.54, 1.807) is 121 Å². The highest BCUT2D eigenvalue weighted by atomic mass is 16.6. The van der Waals surface area contributed by atoms with E-state index in [4.69, 9.17) is 23.7 Å². The second-order valence-electron chi connectivity index (χ2n) is 19.7. The molecule has 2 atom stereocenters. The van der Waals surface area contributed by atoms with Gasteiger partial charge in [-0.25, -0.2) is 9.59 Å². The van der Waals surface area contributed by atoms with Gasteiger partial charge in [0, 0.05) is 37.3 Å². The summed E-state index contributed by atoms with van der Waals surface area (Å²) in [6.07, 6.45) is 0.991. The molecule has 1 aromatic carbocycles. The summed E-state index contributed by atoms with van der Waals surface area (Å²) in [4.78, 5) is 81.4. The van der Waals surface area contributed by atoms with Crippen LogP contribution in [0, 0.1) is 10.1 Å². The van der Waals surface area contributed by atoms with Crippen LogP contribution in [0.15, 0.2) is 24.3 Å². The Hall–Kier alpha value is -4.15. The lowest BCUT2D eigenvalue weighted by Gasteiger charge is -2.36. The van der Waals surface area contributed by atoms with Gasteiger partial charge in [0.1, 0.15) is 28.0 Å². The number of carbonyl (C=O) groups is 5. The van der Waals surface area contributed by atoms with Gasteiger partial charge in [-0.3, -0.25) is 39.6 Å². The van der Waals surface area contributed by atoms with Gasteiger partial charge >= 0.3 is 29.8 Å². The minimum atomic E-state index is -1.44. The van der Waals surface area contributed by atoms with Crippen molar-refractivity contribution in [3.8, 4) is 0 Å². The van der Waals surface area contributed by atoms with Gasteiger partial charge in [-0.15, -0.1) is 0 Å². The summed E-state index contributed by atoms with van der Waals surface area (Å²) >= 11 is 0. The molecule has 0 aliphatic carbocycles. The van der Waals surface area contributed by atoms with Crippen molar-refractivity contribution in [3.63, 3.8) is 0 Å². The van der Waals surface area contributed by atoms with Gasteiger partial charge in [0.2, 0.25) is 6.04 Å². The van der Waals surface area contributed by atoms with E-state index >= 15 is 0 Å². The lowest BCUT2D eigenvalue weighted by molar-refractivity contribution is -0.384. The van der Waals surface area contributed by atoms with Gasteiger partial charge in [0.05, 0.1) is 24.6 Å². The number of benzene rings is 1. The smallest absolute Gasteiger partial charge is 0.335 e. The summed E-state index contributed by atoms with van der Waals surface area (Å²) < 4.78 is 28.2. The van der Waals surface area contributed by atoms with Gasteiger partial charge in [0.15, 0.2) is 0 Å². The molecule has 1 N–H and O–H groups in total. The molecule has 0 radical (unpaired) electrons. The monoisotopic (exact) mass is 837 g/mol. The molecular formula is C43H72N4O12. The first-order valence-electron chi connectivity index (χ1n) is 20.2. The average molecular weight is 837 g/mol. The third-order valence-electron chi connectivity index (χ3n) is 7.85. The predicted molar refractivity (Wildman–Crippen MR) is 223 cm³/mol. The number of hydrogen-bond donors (Lipinski definition) is 1. The summed E-state index contributed by atoms with van der Waals surface area (Å²) in [5, 5.41) is 14.6. The maximum Gasteiger partial charge on any atom is 0.335 e. The highest BCUT2D eigenvalue weighted by molar-refractivity contribution is 5.99. The van der Waals surface area contributed by atoms with E-state index in [1.165, 1.54) is 12.1 Å². The molecule has 2 unspecified atom stereocenters. The van der Waals surface area contributed by atoms with E-state index < -0.39 is 80.9 Å². The highest BCUT2D eigenvalue weighted by Crippen LogP contribution is 2.20. The number of carbonyl (C=O) groups excluding carboxylic acids is 5. The number of hydrogen-bond acceptors (Lipinski definition) is 15. The summed E-state index contributed by atoms with van der Waals surface area (Å²) in [6, 6.07) is 3.41. The Morgan fingerprint density at radius 2 is 1.03 bits per heavy atom. The summed E-state index contributed by atoms with van der Waals surface area (Å²) in [7, 11) is 0. The molecule has 1 rings (SSSR count). The van der Waals surface area contributed by atoms with Crippen LogP contribution in [-0.4, -0.2) is 123 Å². The topological polar surface area (TPSA) is 193 Å². The van der Waals surface area contributed by atoms with Crippen molar-refractivity contribution >= 4 is 35.5 Å². The van der Waals surface area contributed by atoms with Crippen LogP contribution in [-0.2, 0) is 54.1 Å². The second-order valence-corrected chi connectivity index (χ2v) is 19.7. The zero-order valence-electron chi connectivity index (χ0n) is 38.4. The lowest BCUT2D eigenvalue weighted by Crippen LogP contribution is -2.54. The van der Waals surface area contributed by atoms with E-state index in [2.05, 4.69) is 5.32 Å². The zero-order chi connectivity index (χ0) is 45.7. The number of nitrogens with zero attached hydrogens (tertiary/aromatic N) is 3. The number of nitro groups is 1. The van der Waals surface area contributed by atoms with Gasteiger partial charge < -0.3 is 23.7 Å². The van der Waals surface area contributed by atoms with Crippen LogP contribution in [0.4, 0.5) is 5.69 Å². The van der Waals surface area contributed by atoms with Gasteiger partial charge in [0.25, 0.3) is 5.69 Å². The first kappa shape index (κ1) is 52.9. The SMILES string of the molecule is CCC(CCN(CC(=O)OC(C)(C)C)CC(Cc1ccc([N+](=O)[O-])cc1)N(CC(=O)OC(C)(C)C)CC(=O)OC(C)(C)C)NC(C(=O)OC(C)(C)C)C(=O)OC(C)(C)C. The van der Waals surface area contributed by atoms with Crippen molar-refractivity contribution in [2.24, 2.45) is 0 Å². The predicted octanol–water partition coefficient (Wildman–Crippen LogP) is 5.95. The number of nitro benzene ring substituents is 1. The molecule has 0 bridgehead atoms. The molecule has 0 heterocycles. The van der Waals surface area contributed by atoms with Crippen LogP contribution < -0.4 is 5.32 Å². The maximum atomic E-state index is 13.5. The fraction of sp³-hybridized carbons (Fsp3) is 0.744. The Morgan fingerprint density at radius 1 is 0.644 bits per heavy atom. The van der Waals surface area contributed by atoms with Crippen molar-refractivity contribution < 1.29 is 52.6 Å². The number of esters is 5. The molecule has 336 valence electrons. The molecule has 0 fully saturated rings. The molecule has 0 saturated heterocycles. The first-order chi connectivity index (χ1) is 26.6. The van der Waals surface area contributed by atoms with Crippen molar-refractivity contribution in [1.82, 2.24) is 15.1 Å². The third kappa shape index (κ3) is 23.9. The van der Waals surface area contributed by atoms with Crippen molar-refractivity contribution in [3.05, 3.63) is 39.9 Å². The molecule has 0 aromatic heterocycles. The van der Waals surface area contributed by atoms with Gasteiger partial charge in [-0.1, -0.05) is 19.1 Å². The summed E-state index contributed by atoms with van der Waals surface area (Å²) in [6.45, 7) is 27.2. The van der Waals surface area contributed by atoms with E-state index in [-0.39, 0.29) is 44.8 Å². The molecule has 59 heavy (non-hydrogen) atoms. The standard InChI is InChI=1S/C43H72N4O12/c1-17-30(44-36(37(51)58-42(11,12)13)38(52)59-43(14,15)16)22-23-45(26-33(48)55-39(2,3)4)25-32(24-29-18-20-31(21-19-29)47(53)54)46(27-34(49)56-40(5,6)7)28-35(50)57-41(8,9)10/h18-21,30,32,36,44H,17,22-28H2,1-16H3. The van der Waals surface area contributed by atoms with Crippen LogP contribution in [0.5, 0.6) is 0 Å². The summed E-state index contributed by atoms with van der Waals surface area (Å²) in [5.41, 5.74) is -3.66. The maximum absolute atomic E-state index is 13.5. The van der Waals surface area contributed by atoms with Crippen molar-refractivity contribution in [1.29, 1.82) is 0 Å². The van der Waals surface area contributed by atoms with Crippen molar-refractivity contribution in [2.75, 3.05) is 32.7 Å². The Balaban J connectivity index is 3.77. The number of non-ortho nitro benzene ring substituents is 1. The molecule has 1 aromatic rings. The fourth-order valence-electron chi connectivity index (χ4n) is 5.75. The summed E-state index contributed by atoms with van der Waals surface area (Å²) in [5.74, 6) is -3.31. The third-order valence-corrected chi connectivity index (χ3v) is 7.85. The molecule has 0 amide bonds. The van der Waals surface area contributed by atoms with Crippen LogP contribution in [0.3, 0.4) is 0 Å². The van der Waals surface area contributed by atoms with E-state index in [0.29, 0.717) is 18.4 Å². The number of nitrogens with one attached hydrogen (secondary N) is 1. The van der Waals surface area contributed by atoms with E-state index in [0.717, 1.165) is 0 Å². The Bertz CT molecular complexity index is 1500. The second kappa shape index (κ2) is 21.9. The Morgan fingerprint density at radius 3 is 1.39 bits per heavy atom. The minimum absolute atomic E-state index is 0.0970. The molecule has 16 heteroatoms. The van der Waals surface area contributed by atoms with Gasteiger partial charge in [-0.05, 0) is 129 Å². The number of ether oxygens (including phenoxy) is 5. The van der Waals surface area contributed by atoms with Crippen LogP contribution in [0.25, 0.3) is 0 Å². The molecule has 0 saturated carbocycles.